The highest BCUT2D eigenvalue weighted by Crippen LogP contribution is 2.33. The third-order valence-corrected chi connectivity index (χ3v) is 4.10. The molecule has 0 aliphatic carbocycles. The summed E-state index contributed by atoms with van der Waals surface area (Å²) >= 11 is 0. The molecular weight excluding hydrogens is 304 g/mol. The van der Waals surface area contributed by atoms with Gasteiger partial charge in [0.25, 0.3) is 5.69 Å². The molecule has 128 valence electrons. The zero-order valence-electron chi connectivity index (χ0n) is 14.5. The Hall–Kier alpha value is -2.40. The Morgan fingerprint density at radius 1 is 1.08 bits per heavy atom. The summed E-state index contributed by atoms with van der Waals surface area (Å²) in [6.45, 7) is 9.45. The van der Waals surface area contributed by atoms with E-state index in [0.29, 0.717) is 12.4 Å². The van der Waals surface area contributed by atoms with Crippen LogP contribution in [0.3, 0.4) is 0 Å². The van der Waals surface area contributed by atoms with Gasteiger partial charge >= 0.3 is 0 Å². The van der Waals surface area contributed by atoms with Gasteiger partial charge in [-0.1, -0.05) is 43.7 Å². The van der Waals surface area contributed by atoms with Crippen LogP contribution in [0.2, 0.25) is 0 Å². The fourth-order valence-electron chi connectivity index (χ4n) is 2.54. The van der Waals surface area contributed by atoms with E-state index in [2.05, 4.69) is 18.7 Å². The first kappa shape index (κ1) is 17.9. The maximum Gasteiger partial charge on any atom is 0.273 e. The van der Waals surface area contributed by atoms with Crippen LogP contribution < -0.4 is 4.74 Å². The van der Waals surface area contributed by atoms with Crippen molar-refractivity contribution in [2.24, 2.45) is 0 Å². The Kier molecular flexibility index (Phi) is 6.32. The lowest BCUT2D eigenvalue weighted by atomic mass is 10.0. The van der Waals surface area contributed by atoms with Crippen molar-refractivity contribution in [3.05, 3.63) is 58.1 Å². The number of non-ortho nitro benzene ring substituents is 1. The molecule has 2 rings (SSSR count). The lowest BCUT2D eigenvalue weighted by Gasteiger charge is -2.19. The van der Waals surface area contributed by atoms with Gasteiger partial charge in [-0.15, -0.1) is 0 Å². The number of likely N-dealkylation sites (N-methyl/N-ethyl adjacent to an activating group) is 1. The molecule has 0 bridgehead atoms. The van der Waals surface area contributed by atoms with Crippen molar-refractivity contribution in [3.8, 4) is 16.9 Å². The third kappa shape index (κ3) is 4.55. The van der Waals surface area contributed by atoms with Crippen molar-refractivity contribution in [1.82, 2.24) is 4.90 Å². The highest BCUT2D eigenvalue weighted by atomic mass is 16.6. The van der Waals surface area contributed by atoms with Crippen molar-refractivity contribution in [3.63, 3.8) is 0 Å². The molecule has 5 heteroatoms. The second-order valence-corrected chi connectivity index (χ2v) is 5.68. The van der Waals surface area contributed by atoms with Crippen molar-refractivity contribution in [2.75, 3.05) is 26.2 Å². The van der Waals surface area contributed by atoms with Gasteiger partial charge in [-0.05, 0) is 31.6 Å². The minimum absolute atomic E-state index is 0.0451. The highest BCUT2D eigenvalue weighted by molar-refractivity contribution is 5.72. The van der Waals surface area contributed by atoms with Crippen LogP contribution in [0.25, 0.3) is 11.1 Å². The topological polar surface area (TPSA) is 55.6 Å². The SMILES string of the molecule is CCN(CC)CCOc1cc([N+](=O)[O-])ccc1-c1ccc(C)cc1. The first-order valence-electron chi connectivity index (χ1n) is 8.25. The maximum atomic E-state index is 11.1. The number of nitro benzene ring substituents is 1. The standard InChI is InChI=1S/C19H24N2O3/c1-4-20(5-2)12-13-24-19-14-17(21(22)23)10-11-18(19)16-8-6-15(3)7-9-16/h6-11,14H,4-5,12-13H2,1-3H3. The lowest BCUT2D eigenvalue weighted by molar-refractivity contribution is -0.384. The Morgan fingerprint density at radius 2 is 1.75 bits per heavy atom. The van der Waals surface area contributed by atoms with E-state index in [0.717, 1.165) is 30.8 Å². The van der Waals surface area contributed by atoms with E-state index in [-0.39, 0.29) is 5.69 Å². The van der Waals surface area contributed by atoms with Gasteiger partial charge in [-0.3, -0.25) is 10.1 Å². The molecule has 2 aromatic rings. The molecule has 2 aromatic carbocycles. The summed E-state index contributed by atoms with van der Waals surface area (Å²) in [6.07, 6.45) is 0. The Labute approximate surface area is 143 Å². The summed E-state index contributed by atoms with van der Waals surface area (Å²) in [5.41, 5.74) is 3.09. The van der Waals surface area contributed by atoms with Crippen LogP contribution in [0.1, 0.15) is 19.4 Å². The minimum atomic E-state index is -0.393. The van der Waals surface area contributed by atoms with Crippen molar-refractivity contribution < 1.29 is 9.66 Å². The van der Waals surface area contributed by atoms with Gasteiger partial charge in [0.2, 0.25) is 0 Å². The number of rotatable bonds is 8. The zero-order chi connectivity index (χ0) is 17.5. The largest absolute Gasteiger partial charge is 0.491 e. The summed E-state index contributed by atoms with van der Waals surface area (Å²) in [5.74, 6) is 0.556. The predicted molar refractivity (Wildman–Crippen MR) is 96.6 cm³/mol. The predicted octanol–water partition coefficient (Wildman–Crippen LogP) is 4.29. The van der Waals surface area contributed by atoms with E-state index in [4.69, 9.17) is 4.74 Å². The molecule has 0 saturated carbocycles. The van der Waals surface area contributed by atoms with Crippen LogP contribution in [0.15, 0.2) is 42.5 Å². The van der Waals surface area contributed by atoms with Gasteiger partial charge in [0, 0.05) is 18.2 Å². The Bertz CT molecular complexity index is 680. The van der Waals surface area contributed by atoms with Gasteiger partial charge in [0.15, 0.2) is 0 Å². The smallest absolute Gasteiger partial charge is 0.273 e. The van der Waals surface area contributed by atoms with Crippen LogP contribution in [0, 0.1) is 17.0 Å². The van der Waals surface area contributed by atoms with Crippen LogP contribution >= 0.6 is 0 Å². The molecule has 5 nitrogen and oxygen atoms in total. The highest BCUT2D eigenvalue weighted by Gasteiger charge is 2.13. The van der Waals surface area contributed by atoms with Crippen LogP contribution in [0.4, 0.5) is 5.69 Å². The minimum Gasteiger partial charge on any atom is -0.491 e. The normalized spacial score (nSPS) is 10.8. The number of hydrogen-bond acceptors (Lipinski definition) is 4. The number of nitro groups is 1. The summed E-state index contributed by atoms with van der Waals surface area (Å²) in [4.78, 5) is 12.9. The fraction of sp³-hybridized carbons (Fsp3) is 0.368. The Balaban J connectivity index is 2.26. The number of aryl methyl sites for hydroxylation is 1. The summed E-state index contributed by atoms with van der Waals surface area (Å²) in [6, 6.07) is 12.9. The first-order valence-corrected chi connectivity index (χ1v) is 8.25. The molecule has 0 heterocycles. The van der Waals surface area contributed by atoms with E-state index in [9.17, 15) is 10.1 Å². The van der Waals surface area contributed by atoms with Crippen molar-refractivity contribution >= 4 is 5.69 Å². The van der Waals surface area contributed by atoms with E-state index in [1.165, 1.54) is 17.7 Å². The molecule has 0 N–H and O–H groups in total. The molecule has 0 radical (unpaired) electrons. The molecule has 0 amide bonds. The molecular formula is C19H24N2O3. The second kappa shape index (κ2) is 8.45. The molecule has 0 spiro atoms. The summed E-state index contributed by atoms with van der Waals surface area (Å²) in [5, 5.41) is 11.1. The molecule has 0 atom stereocenters. The maximum absolute atomic E-state index is 11.1. The monoisotopic (exact) mass is 328 g/mol. The van der Waals surface area contributed by atoms with Crippen LogP contribution in [-0.4, -0.2) is 36.1 Å². The number of hydrogen-bond donors (Lipinski definition) is 0. The van der Waals surface area contributed by atoms with Crippen molar-refractivity contribution in [2.45, 2.75) is 20.8 Å². The molecule has 0 aromatic heterocycles. The quantitative estimate of drug-likeness (QED) is 0.536. The van der Waals surface area contributed by atoms with E-state index in [1.54, 1.807) is 6.07 Å². The molecule has 0 aliphatic rings. The summed E-state index contributed by atoms with van der Waals surface area (Å²) in [7, 11) is 0. The van der Waals surface area contributed by atoms with Crippen LogP contribution in [0.5, 0.6) is 5.75 Å². The zero-order valence-corrected chi connectivity index (χ0v) is 14.5. The number of benzene rings is 2. The van der Waals surface area contributed by atoms with Crippen molar-refractivity contribution in [1.29, 1.82) is 0 Å². The van der Waals surface area contributed by atoms with Gasteiger partial charge in [0.05, 0.1) is 11.0 Å². The average Bonchev–Trinajstić information content (AvgIpc) is 2.59. The molecule has 0 aliphatic heterocycles. The Morgan fingerprint density at radius 3 is 2.33 bits per heavy atom. The van der Waals surface area contributed by atoms with E-state index in [1.807, 2.05) is 31.2 Å². The van der Waals surface area contributed by atoms with Gasteiger partial charge in [0.1, 0.15) is 12.4 Å². The van der Waals surface area contributed by atoms with Gasteiger partial charge in [-0.2, -0.15) is 0 Å². The van der Waals surface area contributed by atoms with E-state index < -0.39 is 4.92 Å². The van der Waals surface area contributed by atoms with Gasteiger partial charge in [-0.25, -0.2) is 0 Å². The van der Waals surface area contributed by atoms with E-state index >= 15 is 0 Å². The molecule has 0 saturated heterocycles. The fourth-order valence-corrected chi connectivity index (χ4v) is 2.54. The number of ether oxygens (including phenoxy) is 1. The van der Waals surface area contributed by atoms with Crippen LogP contribution in [-0.2, 0) is 0 Å². The van der Waals surface area contributed by atoms with Gasteiger partial charge < -0.3 is 9.64 Å². The third-order valence-electron chi connectivity index (χ3n) is 4.10. The second-order valence-electron chi connectivity index (χ2n) is 5.68. The first-order chi connectivity index (χ1) is 11.5. The lowest BCUT2D eigenvalue weighted by Crippen LogP contribution is -2.28. The average molecular weight is 328 g/mol. The molecule has 0 unspecified atom stereocenters. The molecule has 24 heavy (non-hydrogen) atoms. The summed E-state index contributed by atoms with van der Waals surface area (Å²) < 4.78 is 5.90. The molecule has 0 fully saturated rings. The number of nitrogens with zero attached hydrogens (tertiary/aromatic N) is 2.